The summed E-state index contributed by atoms with van der Waals surface area (Å²) in [6, 6.07) is 11.8. The molecule has 5 nitrogen and oxygen atoms in total. The number of morpholine rings is 1. The summed E-state index contributed by atoms with van der Waals surface area (Å²) in [5, 5.41) is 3.38. The Morgan fingerprint density at radius 3 is 2.50 bits per heavy atom. The van der Waals surface area contributed by atoms with E-state index < -0.39 is 17.3 Å². The summed E-state index contributed by atoms with van der Waals surface area (Å²) in [6.45, 7) is 4.01. The number of hydrogen-bond acceptors (Lipinski definition) is 3. The number of halogens is 4. The molecule has 172 valence electrons. The van der Waals surface area contributed by atoms with Crippen molar-refractivity contribution in [2.45, 2.75) is 24.6 Å². The zero-order valence-electron chi connectivity index (χ0n) is 17.5. The van der Waals surface area contributed by atoms with Crippen molar-refractivity contribution in [3.8, 4) is 0 Å². The van der Waals surface area contributed by atoms with Crippen molar-refractivity contribution in [1.82, 2.24) is 10.2 Å². The predicted molar refractivity (Wildman–Crippen MR) is 117 cm³/mol. The minimum Gasteiger partial charge on any atom is -0.379 e. The van der Waals surface area contributed by atoms with Gasteiger partial charge in [-0.15, -0.1) is 0 Å². The van der Waals surface area contributed by atoms with E-state index in [1.54, 1.807) is 35.2 Å². The molecule has 1 N–H and O–H groups in total. The number of rotatable bonds is 6. The first-order chi connectivity index (χ1) is 15.3. The minimum absolute atomic E-state index is 0.221. The van der Waals surface area contributed by atoms with Crippen molar-refractivity contribution in [3.05, 3.63) is 64.7 Å². The third-order valence-electron chi connectivity index (χ3n) is 6.14. The molecule has 2 aliphatic rings. The van der Waals surface area contributed by atoms with Gasteiger partial charge in [0.15, 0.2) is 0 Å². The number of carbonyl (C=O) groups excluding carboxylic acids is 1. The van der Waals surface area contributed by atoms with E-state index in [9.17, 15) is 18.0 Å². The largest absolute Gasteiger partial charge is 0.416 e. The molecule has 32 heavy (non-hydrogen) atoms. The van der Waals surface area contributed by atoms with Gasteiger partial charge in [0.05, 0.1) is 24.3 Å². The van der Waals surface area contributed by atoms with E-state index in [4.69, 9.17) is 16.3 Å². The van der Waals surface area contributed by atoms with Crippen molar-refractivity contribution < 1.29 is 22.7 Å². The van der Waals surface area contributed by atoms with Crippen LogP contribution in [0.1, 0.15) is 24.0 Å². The number of nitrogens with one attached hydrogen (secondary N) is 1. The van der Waals surface area contributed by atoms with Crippen LogP contribution in [0.2, 0.25) is 5.02 Å². The number of anilines is 1. The van der Waals surface area contributed by atoms with Crippen LogP contribution in [0.25, 0.3) is 0 Å². The summed E-state index contributed by atoms with van der Waals surface area (Å²) in [6.07, 6.45) is -3.24. The summed E-state index contributed by atoms with van der Waals surface area (Å²) in [7, 11) is 0. The third-order valence-corrected chi connectivity index (χ3v) is 6.40. The summed E-state index contributed by atoms with van der Waals surface area (Å²) in [5.74, 6) is 0. The highest BCUT2D eigenvalue weighted by molar-refractivity contribution is 6.30. The SMILES string of the molecule is O=C1NC[C@](CCCN2CCOCC2)(c2cccc(C(F)(F)F)c2)N1c1ccc(Cl)cc1. The Hall–Kier alpha value is -2.29. The number of benzene rings is 2. The minimum atomic E-state index is -4.47. The highest BCUT2D eigenvalue weighted by atomic mass is 35.5. The first kappa shape index (κ1) is 22.9. The second kappa shape index (κ2) is 9.29. The molecule has 2 heterocycles. The van der Waals surface area contributed by atoms with Gasteiger partial charge in [0.1, 0.15) is 0 Å². The maximum absolute atomic E-state index is 13.5. The first-order valence-electron chi connectivity index (χ1n) is 10.6. The molecule has 0 spiro atoms. The van der Waals surface area contributed by atoms with E-state index in [0.29, 0.717) is 35.9 Å². The van der Waals surface area contributed by atoms with E-state index in [0.717, 1.165) is 38.2 Å². The van der Waals surface area contributed by atoms with Gasteiger partial charge in [-0.1, -0.05) is 23.7 Å². The fourth-order valence-corrected chi connectivity index (χ4v) is 4.64. The first-order valence-corrected chi connectivity index (χ1v) is 11.0. The Bertz CT molecular complexity index is 948. The summed E-state index contributed by atoms with van der Waals surface area (Å²) >= 11 is 6.02. The standard InChI is InChI=1S/C23H25ClF3N3O2/c24-19-5-7-20(8-6-19)30-21(31)28-16-22(30,9-2-10-29-11-13-32-14-12-29)17-3-1-4-18(15-17)23(25,26)27/h1,3-8,15H,2,9-14,16H2,(H,28,31)/t22-/m1/s1. The van der Waals surface area contributed by atoms with Crippen molar-refractivity contribution in [3.63, 3.8) is 0 Å². The van der Waals surface area contributed by atoms with Crippen LogP contribution in [0.4, 0.5) is 23.7 Å². The van der Waals surface area contributed by atoms with Crippen LogP contribution < -0.4 is 10.2 Å². The lowest BCUT2D eigenvalue weighted by molar-refractivity contribution is -0.137. The van der Waals surface area contributed by atoms with E-state index in [1.165, 1.54) is 6.07 Å². The number of carbonyl (C=O) groups is 1. The second-order valence-corrected chi connectivity index (χ2v) is 8.57. The van der Waals surface area contributed by atoms with Crippen molar-refractivity contribution in [2.75, 3.05) is 44.3 Å². The lowest BCUT2D eigenvalue weighted by Crippen LogP contribution is -2.46. The average Bonchev–Trinajstić information content (AvgIpc) is 3.12. The van der Waals surface area contributed by atoms with Crippen LogP contribution in [0.15, 0.2) is 48.5 Å². The lowest BCUT2D eigenvalue weighted by Gasteiger charge is -2.39. The fraction of sp³-hybridized carbons (Fsp3) is 0.435. The molecule has 2 aromatic carbocycles. The molecule has 2 aromatic rings. The predicted octanol–water partition coefficient (Wildman–Crippen LogP) is 4.90. The third kappa shape index (κ3) is 4.72. The Morgan fingerprint density at radius 1 is 1.09 bits per heavy atom. The normalized spacial score (nSPS) is 22.2. The van der Waals surface area contributed by atoms with Gasteiger partial charge in [-0.05, 0) is 61.3 Å². The molecule has 0 unspecified atom stereocenters. The highest BCUT2D eigenvalue weighted by Crippen LogP contribution is 2.42. The number of alkyl halides is 3. The Balaban J connectivity index is 1.70. The van der Waals surface area contributed by atoms with Crippen LogP contribution in [-0.2, 0) is 16.5 Å². The van der Waals surface area contributed by atoms with Crippen LogP contribution in [-0.4, -0.2) is 50.3 Å². The number of ether oxygens (including phenoxy) is 1. The molecule has 4 rings (SSSR count). The average molecular weight is 468 g/mol. The zero-order chi connectivity index (χ0) is 22.8. The van der Waals surface area contributed by atoms with Gasteiger partial charge in [0.25, 0.3) is 0 Å². The summed E-state index contributed by atoms with van der Waals surface area (Å²) in [5.41, 5.74) is -0.618. The fourth-order valence-electron chi connectivity index (χ4n) is 4.51. The smallest absolute Gasteiger partial charge is 0.379 e. The van der Waals surface area contributed by atoms with Crippen molar-refractivity contribution in [1.29, 1.82) is 0 Å². The Morgan fingerprint density at radius 2 is 1.81 bits per heavy atom. The second-order valence-electron chi connectivity index (χ2n) is 8.14. The summed E-state index contributed by atoms with van der Waals surface area (Å²) in [4.78, 5) is 16.8. The highest BCUT2D eigenvalue weighted by Gasteiger charge is 2.48. The van der Waals surface area contributed by atoms with Crippen LogP contribution >= 0.6 is 11.6 Å². The van der Waals surface area contributed by atoms with E-state index in [1.807, 2.05) is 0 Å². The molecule has 1 atom stereocenters. The lowest BCUT2D eigenvalue weighted by atomic mass is 9.83. The monoisotopic (exact) mass is 467 g/mol. The molecule has 2 fully saturated rings. The van der Waals surface area contributed by atoms with Crippen molar-refractivity contribution in [2.24, 2.45) is 0 Å². The Kier molecular flexibility index (Phi) is 6.65. The molecule has 2 saturated heterocycles. The molecule has 0 aliphatic carbocycles. The molecule has 0 radical (unpaired) electrons. The van der Waals surface area contributed by atoms with Gasteiger partial charge in [-0.3, -0.25) is 9.80 Å². The van der Waals surface area contributed by atoms with Gasteiger partial charge in [-0.2, -0.15) is 13.2 Å². The van der Waals surface area contributed by atoms with Gasteiger partial charge in [0, 0.05) is 30.3 Å². The quantitative estimate of drug-likeness (QED) is 0.657. The molecule has 2 amide bonds. The Labute approximate surface area is 190 Å². The number of urea groups is 1. The van der Waals surface area contributed by atoms with Gasteiger partial charge < -0.3 is 10.1 Å². The molecule has 0 bridgehead atoms. The van der Waals surface area contributed by atoms with Crippen molar-refractivity contribution >= 4 is 23.3 Å². The number of nitrogens with zero attached hydrogens (tertiary/aromatic N) is 2. The number of hydrogen-bond donors (Lipinski definition) is 1. The molecular formula is C23H25ClF3N3O2. The topological polar surface area (TPSA) is 44.8 Å². The molecular weight excluding hydrogens is 443 g/mol. The van der Waals surface area contributed by atoms with Gasteiger partial charge in [0.2, 0.25) is 0 Å². The summed E-state index contributed by atoms with van der Waals surface area (Å²) < 4.78 is 45.8. The van der Waals surface area contributed by atoms with Gasteiger partial charge >= 0.3 is 12.2 Å². The molecule has 2 aliphatic heterocycles. The van der Waals surface area contributed by atoms with E-state index in [2.05, 4.69) is 10.2 Å². The van der Waals surface area contributed by atoms with Gasteiger partial charge in [-0.25, -0.2) is 4.79 Å². The molecule has 9 heteroatoms. The van der Waals surface area contributed by atoms with Crippen LogP contribution in [0, 0.1) is 0 Å². The van der Waals surface area contributed by atoms with Crippen LogP contribution in [0.3, 0.4) is 0 Å². The maximum atomic E-state index is 13.5. The van der Waals surface area contributed by atoms with E-state index >= 15 is 0 Å². The molecule has 0 aromatic heterocycles. The maximum Gasteiger partial charge on any atom is 0.416 e. The number of amides is 2. The zero-order valence-corrected chi connectivity index (χ0v) is 18.3. The van der Waals surface area contributed by atoms with Crippen LogP contribution in [0.5, 0.6) is 0 Å². The van der Waals surface area contributed by atoms with E-state index in [-0.39, 0.29) is 12.6 Å². The molecule has 0 saturated carbocycles.